The zero-order valence-corrected chi connectivity index (χ0v) is 20.2. The van der Waals surface area contributed by atoms with Gasteiger partial charge in [0, 0.05) is 42.2 Å². The molecule has 0 unspecified atom stereocenters. The number of benzene rings is 2. The maximum absolute atomic E-state index is 13.2. The SMILES string of the molecule is O=C(CCc1ccc(S(=O)(=O)c2cccc(C(=O)N3CCOCC3)c2)cc1)c1cnc2[nH]ncc2c1. The van der Waals surface area contributed by atoms with Crippen LogP contribution in [-0.2, 0) is 21.0 Å². The Morgan fingerprint density at radius 2 is 1.72 bits per heavy atom. The van der Waals surface area contributed by atoms with Crippen LogP contribution in [0.2, 0.25) is 0 Å². The molecule has 10 heteroatoms. The number of aryl methyl sites for hydroxylation is 1. The summed E-state index contributed by atoms with van der Waals surface area (Å²) in [6.07, 6.45) is 3.87. The Hall–Kier alpha value is -3.89. The molecule has 0 aliphatic carbocycles. The molecular weight excluding hydrogens is 480 g/mol. The fourth-order valence-electron chi connectivity index (χ4n) is 4.11. The van der Waals surface area contributed by atoms with E-state index in [1.54, 1.807) is 41.4 Å². The predicted octanol–water partition coefficient (Wildman–Crippen LogP) is 3.08. The Morgan fingerprint density at radius 1 is 0.944 bits per heavy atom. The molecule has 9 nitrogen and oxygen atoms in total. The average Bonchev–Trinajstić information content (AvgIpc) is 3.40. The highest BCUT2D eigenvalue weighted by Crippen LogP contribution is 2.23. The number of nitrogens with zero attached hydrogens (tertiary/aromatic N) is 3. The van der Waals surface area contributed by atoms with Gasteiger partial charge in [-0.3, -0.25) is 14.7 Å². The molecule has 1 aliphatic heterocycles. The van der Waals surface area contributed by atoms with Crippen molar-refractivity contribution >= 4 is 32.6 Å². The number of morpholine rings is 1. The van der Waals surface area contributed by atoms with Gasteiger partial charge < -0.3 is 9.64 Å². The van der Waals surface area contributed by atoms with Gasteiger partial charge in [0.05, 0.1) is 29.2 Å². The smallest absolute Gasteiger partial charge is 0.254 e. The molecule has 1 saturated heterocycles. The second-order valence-corrected chi connectivity index (χ2v) is 10.5. The van der Waals surface area contributed by atoms with Crippen LogP contribution in [0.3, 0.4) is 0 Å². The van der Waals surface area contributed by atoms with Crippen LogP contribution in [-0.4, -0.2) is 66.5 Å². The van der Waals surface area contributed by atoms with Crippen LogP contribution in [0.15, 0.2) is 76.8 Å². The molecule has 0 radical (unpaired) electrons. The summed E-state index contributed by atoms with van der Waals surface area (Å²) in [5.41, 5.74) is 2.31. The summed E-state index contributed by atoms with van der Waals surface area (Å²) < 4.78 is 31.7. The number of aromatic nitrogens is 3. The van der Waals surface area contributed by atoms with Crippen molar-refractivity contribution in [2.24, 2.45) is 0 Å². The number of nitrogens with one attached hydrogen (secondary N) is 1. The van der Waals surface area contributed by atoms with E-state index in [0.717, 1.165) is 10.9 Å². The monoisotopic (exact) mass is 504 g/mol. The van der Waals surface area contributed by atoms with Gasteiger partial charge in [0.25, 0.3) is 5.91 Å². The third kappa shape index (κ3) is 4.91. The Morgan fingerprint density at radius 3 is 2.50 bits per heavy atom. The molecule has 0 spiro atoms. The minimum absolute atomic E-state index is 0.0518. The quantitative estimate of drug-likeness (QED) is 0.384. The number of Topliss-reactive ketones (excluding diaryl/α,β-unsaturated/α-hetero) is 1. The third-order valence-electron chi connectivity index (χ3n) is 6.18. The standard InChI is InChI=1S/C26H24N4O5S/c31-24(20-14-21-17-28-29-25(21)27-16-20)9-6-18-4-7-22(8-5-18)36(33,34)23-3-1-2-19(15-23)26(32)30-10-12-35-13-11-30/h1-5,7-8,14-17H,6,9-13H2,(H,27,28,29). The Labute approximate surface area is 208 Å². The first-order valence-electron chi connectivity index (χ1n) is 11.6. The van der Waals surface area contributed by atoms with Gasteiger partial charge in [0.1, 0.15) is 0 Å². The third-order valence-corrected chi connectivity index (χ3v) is 7.94. The van der Waals surface area contributed by atoms with Gasteiger partial charge in [-0.25, -0.2) is 13.4 Å². The lowest BCUT2D eigenvalue weighted by Crippen LogP contribution is -2.40. The van der Waals surface area contributed by atoms with Gasteiger partial charge in [-0.15, -0.1) is 0 Å². The van der Waals surface area contributed by atoms with Crippen molar-refractivity contribution in [1.29, 1.82) is 0 Å². The van der Waals surface area contributed by atoms with Crippen molar-refractivity contribution in [2.75, 3.05) is 26.3 Å². The number of hydrogen-bond donors (Lipinski definition) is 1. The van der Waals surface area contributed by atoms with Crippen molar-refractivity contribution in [2.45, 2.75) is 22.6 Å². The van der Waals surface area contributed by atoms with E-state index in [9.17, 15) is 18.0 Å². The Kier molecular flexibility index (Phi) is 6.62. The summed E-state index contributed by atoms with van der Waals surface area (Å²) in [4.78, 5) is 31.4. The molecule has 1 amide bonds. The van der Waals surface area contributed by atoms with E-state index in [1.807, 2.05) is 0 Å². The molecule has 0 atom stereocenters. The van der Waals surface area contributed by atoms with Gasteiger partial charge in [0.2, 0.25) is 9.84 Å². The largest absolute Gasteiger partial charge is 0.378 e. The van der Waals surface area contributed by atoms with Crippen LogP contribution < -0.4 is 0 Å². The normalized spacial score (nSPS) is 14.2. The van der Waals surface area contributed by atoms with E-state index < -0.39 is 9.84 Å². The fraction of sp³-hybridized carbons (Fsp3) is 0.231. The molecule has 36 heavy (non-hydrogen) atoms. The summed E-state index contributed by atoms with van der Waals surface area (Å²) in [6, 6.07) is 14.3. The molecule has 4 aromatic rings. The number of ether oxygens (including phenoxy) is 1. The number of amides is 1. The van der Waals surface area contributed by atoms with Crippen molar-refractivity contribution in [3.05, 3.63) is 83.7 Å². The van der Waals surface area contributed by atoms with E-state index in [4.69, 9.17) is 4.74 Å². The number of fused-ring (bicyclic) bond motifs is 1. The summed E-state index contributed by atoms with van der Waals surface area (Å²) in [7, 11) is -3.81. The van der Waals surface area contributed by atoms with Crippen molar-refractivity contribution in [3.63, 3.8) is 0 Å². The molecule has 2 aromatic carbocycles. The van der Waals surface area contributed by atoms with Crippen LogP contribution in [0.25, 0.3) is 11.0 Å². The number of carbonyl (C=O) groups excluding carboxylic acids is 2. The minimum atomic E-state index is -3.81. The van der Waals surface area contributed by atoms with Crippen LogP contribution in [0.5, 0.6) is 0 Å². The molecule has 1 N–H and O–H groups in total. The van der Waals surface area contributed by atoms with E-state index in [1.165, 1.54) is 30.5 Å². The number of aromatic amines is 1. The number of ketones is 1. The van der Waals surface area contributed by atoms with Gasteiger partial charge in [0.15, 0.2) is 11.4 Å². The highest BCUT2D eigenvalue weighted by Gasteiger charge is 2.22. The van der Waals surface area contributed by atoms with Crippen LogP contribution in [0.4, 0.5) is 0 Å². The molecule has 1 fully saturated rings. The molecular formula is C26H24N4O5S. The van der Waals surface area contributed by atoms with Gasteiger partial charge >= 0.3 is 0 Å². The number of H-pyrrole nitrogens is 1. The number of rotatable bonds is 7. The molecule has 5 rings (SSSR count). The van der Waals surface area contributed by atoms with E-state index >= 15 is 0 Å². The van der Waals surface area contributed by atoms with Gasteiger partial charge in [-0.2, -0.15) is 5.10 Å². The Bertz CT molecular complexity index is 1520. The zero-order chi connectivity index (χ0) is 25.1. The number of hydrogen-bond acceptors (Lipinski definition) is 7. The molecule has 2 aromatic heterocycles. The van der Waals surface area contributed by atoms with Crippen LogP contribution in [0, 0.1) is 0 Å². The van der Waals surface area contributed by atoms with Crippen molar-refractivity contribution in [1.82, 2.24) is 20.1 Å². The Balaban J connectivity index is 1.27. The summed E-state index contributed by atoms with van der Waals surface area (Å²) >= 11 is 0. The first kappa shape index (κ1) is 23.8. The maximum atomic E-state index is 13.2. The van der Waals surface area contributed by atoms with Crippen LogP contribution >= 0.6 is 0 Å². The minimum Gasteiger partial charge on any atom is -0.378 e. The van der Waals surface area contributed by atoms with Crippen molar-refractivity contribution < 1.29 is 22.7 Å². The second-order valence-electron chi connectivity index (χ2n) is 8.53. The van der Waals surface area contributed by atoms with Gasteiger partial charge in [-0.05, 0) is 48.4 Å². The lowest BCUT2D eigenvalue weighted by molar-refractivity contribution is 0.0302. The fourth-order valence-corrected chi connectivity index (χ4v) is 5.41. The molecule has 0 saturated carbocycles. The zero-order valence-electron chi connectivity index (χ0n) is 19.4. The van der Waals surface area contributed by atoms with E-state index in [-0.39, 0.29) is 27.9 Å². The second kappa shape index (κ2) is 10.00. The van der Waals surface area contributed by atoms with E-state index in [2.05, 4.69) is 15.2 Å². The first-order valence-corrected chi connectivity index (χ1v) is 13.0. The summed E-state index contributed by atoms with van der Waals surface area (Å²) in [6.45, 7) is 1.90. The average molecular weight is 505 g/mol. The lowest BCUT2D eigenvalue weighted by atomic mass is 10.0. The molecule has 0 bridgehead atoms. The first-order chi connectivity index (χ1) is 17.4. The molecule has 3 heterocycles. The maximum Gasteiger partial charge on any atom is 0.254 e. The van der Waals surface area contributed by atoms with Gasteiger partial charge in [-0.1, -0.05) is 18.2 Å². The highest BCUT2D eigenvalue weighted by molar-refractivity contribution is 7.91. The number of carbonyl (C=O) groups is 2. The summed E-state index contributed by atoms with van der Waals surface area (Å²) in [5, 5.41) is 7.43. The topological polar surface area (TPSA) is 122 Å². The van der Waals surface area contributed by atoms with E-state index in [0.29, 0.717) is 49.5 Å². The summed E-state index contributed by atoms with van der Waals surface area (Å²) in [5.74, 6) is -0.262. The number of pyridine rings is 1. The predicted molar refractivity (Wildman–Crippen MR) is 132 cm³/mol. The molecule has 184 valence electrons. The van der Waals surface area contributed by atoms with Crippen molar-refractivity contribution in [3.8, 4) is 0 Å². The molecule has 1 aliphatic rings. The lowest BCUT2D eigenvalue weighted by Gasteiger charge is -2.27. The highest BCUT2D eigenvalue weighted by atomic mass is 32.2. The van der Waals surface area contributed by atoms with Crippen LogP contribution in [0.1, 0.15) is 32.7 Å². The number of sulfone groups is 1.